The van der Waals surface area contributed by atoms with Gasteiger partial charge in [0, 0.05) is 0 Å². The number of hydrogen-bond acceptors (Lipinski definition) is 3. The van der Waals surface area contributed by atoms with E-state index < -0.39 is 11.9 Å². The Bertz CT molecular complexity index is 386. The van der Waals surface area contributed by atoms with E-state index in [4.69, 9.17) is 16.7 Å². The van der Waals surface area contributed by atoms with E-state index in [0.29, 0.717) is 0 Å². The van der Waals surface area contributed by atoms with Gasteiger partial charge < -0.3 is 9.84 Å². The minimum Gasteiger partial charge on any atom is -0.478 e. The lowest BCUT2D eigenvalue weighted by Crippen LogP contribution is -2.06. The van der Waals surface area contributed by atoms with Crippen molar-refractivity contribution < 1.29 is 19.4 Å². The summed E-state index contributed by atoms with van der Waals surface area (Å²) in [6.07, 6.45) is 0. The normalized spacial score (nSPS) is 9.57. The van der Waals surface area contributed by atoms with Crippen LogP contribution in [0.15, 0.2) is 18.2 Å². The molecule has 0 aliphatic heterocycles. The summed E-state index contributed by atoms with van der Waals surface area (Å²) in [5.74, 6) is -1.83. The highest BCUT2D eigenvalue weighted by Gasteiger charge is 2.16. The molecule has 0 atom stereocenters. The van der Waals surface area contributed by atoms with Gasteiger partial charge in [-0.25, -0.2) is 9.59 Å². The summed E-state index contributed by atoms with van der Waals surface area (Å²) in [5, 5.41) is 8.60. The van der Waals surface area contributed by atoms with Gasteiger partial charge in [0.25, 0.3) is 0 Å². The largest absolute Gasteiger partial charge is 0.478 e. The van der Waals surface area contributed by atoms with Crippen molar-refractivity contribution in [1.82, 2.24) is 0 Å². The Balaban J connectivity index is 3.27. The molecule has 1 rings (SSSR count). The smallest absolute Gasteiger partial charge is 0.339 e. The molecule has 0 amide bonds. The van der Waals surface area contributed by atoms with E-state index in [-0.39, 0.29) is 16.1 Å². The van der Waals surface area contributed by atoms with E-state index in [1.54, 1.807) is 0 Å². The minimum absolute atomic E-state index is 0.0501. The Hall–Kier alpha value is -1.55. The van der Waals surface area contributed by atoms with Crippen molar-refractivity contribution in [2.24, 2.45) is 0 Å². The molecule has 1 N–H and O–H groups in total. The molecule has 0 saturated carbocycles. The number of carboxylic acids is 1. The van der Waals surface area contributed by atoms with Gasteiger partial charge >= 0.3 is 11.9 Å². The average molecular weight is 215 g/mol. The summed E-state index contributed by atoms with van der Waals surface area (Å²) in [6, 6.07) is 4.15. The average Bonchev–Trinajstić information content (AvgIpc) is 2.16. The molecule has 0 aliphatic carbocycles. The SMILES string of the molecule is COC(=O)c1cccc(C(=O)O)c1Cl. The molecule has 0 radical (unpaired) electrons. The van der Waals surface area contributed by atoms with Crippen molar-refractivity contribution >= 4 is 23.5 Å². The molecule has 0 bridgehead atoms. The van der Waals surface area contributed by atoms with Crippen LogP contribution < -0.4 is 0 Å². The van der Waals surface area contributed by atoms with Crippen LogP contribution in [0.4, 0.5) is 0 Å². The van der Waals surface area contributed by atoms with Crippen LogP contribution in [0, 0.1) is 0 Å². The molecule has 5 heteroatoms. The highest BCUT2D eigenvalue weighted by atomic mass is 35.5. The van der Waals surface area contributed by atoms with Crippen LogP contribution in [0.2, 0.25) is 5.02 Å². The van der Waals surface area contributed by atoms with E-state index in [1.165, 1.54) is 25.3 Å². The molecular formula is C9H7ClO4. The standard InChI is InChI=1S/C9H7ClO4/c1-14-9(13)6-4-2-3-5(7(6)10)8(11)12/h2-4H,1H3,(H,11,12). The monoisotopic (exact) mass is 214 g/mol. The minimum atomic E-state index is -1.18. The number of carbonyl (C=O) groups is 2. The third-order valence-corrected chi connectivity index (χ3v) is 2.04. The maximum absolute atomic E-state index is 11.1. The topological polar surface area (TPSA) is 63.6 Å². The number of esters is 1. The zero-order chi connectivity index (χ0) is 10.7. The lowest BCUT2D eigenvalue weighted by atomic mass is 10.1. The quantitative estimate of drug-likeness (QED) is 0.763. The van der Waals surface area contributed by atoms with Crippen molar-refractivity contribution in [3.63, 3.8) is 0 Å². The van der Waals surface area contributed by atoms with Crippen molar-refractivity contribution in [3.8, 4) is 0 Å². The fourth-order valence-corrected chi connectivity index (χ4v) is 1.25. The van der Waals surface area contributed by atoms with Gasteiger partial charge in [0.2, 0.25) is 0 Å². The van der Waals surface area contributed by atoms with Crippen LogP contribution in [-0.4, -0.2) is 24.2 Å². The van der Waals surface area contributed by atoms with Gasteiger partial charge in [-0.2, -0.15) is 0 Å². The Labute approximate surface area is 85.1 Å². The predicted molar refractivity (Wildman–Crippen MR) is 49.8 cm³/mol. The van der Waals surface area contributed by atoms with Crippen LogP contribution in [0.5, 0.6) is 0 Å². The van der Waals surface area contributed by atoms with Crippen LogP contribution >= 0.6 is 11.6 Å². The Morgan fingerprint density at radius 1 is 1.36 bits per heavy atom. The first-order valence-corrected chi connectivity index (χ1v) is 4.06. The van der Waals surface area contributed by atoms with Gasteiger partial charge in [-0.3, -0.25) is 0 Å². The zero-order valence-electron chi connectivity index (χ0n) is 7.28. The van der Waals surface area contributed by atoms with E-state index in [0.717, 1.165) is 0 Å². The number of ether oxygens (including phenoxy) is 1. The zero-order valence-corrected chi connectivity index (χ0v) is 8.04. The predicted octanol–water partition coefficient (Wildman–Crippen LogP) is 1.82. The second kappa shape index (κ2) is 4.11. The Kier molecular flexibility index (Phi) is 3.09. The first kappa shape index (κ1) is 10.5. The Morgan fingerprint density at radius 3 is 2.43 bits per heavy atom. The molecule has 0 spiro atoms. The highest BCUT2D eigenvalue weighted by Crippen LogP contribution is 2.21. The summed E-state index contributed by atoms with van der Waals surface area (Å²) < 4.78 is 4.44. The molecule has 0 aliphatic rings. The third kappa shape index (κ3) is 1.85. The molecular weight excluding hydrogens is 208 g/mol. The number of aromatic carboxylic acids is 1. The number of halogens is 1. The first-order valence-electron chi connectivity index (χ1n) is 3.68. The van der Waals surface area contributed by atoms with Crippen molar-refractivity contribution in [3.05, 3.63) is 34.3 Å². The molecule has 74 valence electrons. The second-order valence-electron chi connectivity index (χ2n) is 2.46. The van der Waals surface area contributed by atoms with Crippen molar-refractivity contribution in [2.45, 2.75) is 0 Å². The van der Waals surface area contributed by atoms with Crippen LogP contribution in [-0.2, 0) is 4.74 Å². The highest BCUT2D eigenvalue weighted by molar-refractivity contribution is 6.36. The summed E-state index contributed by atoms with van der Waals surface area (Å²) in [4.78, 5) is 21.8. The number of hydrogen-bond donors (Lipinski definition) is 1. The molecule has 0 unspecified atom stereocenters. The van der Waals surface area contributed by atoms with Crippen molar-refractivity contribution in [2.75, 3.05) is 7.11 Å². The number of carbonyl (C=O) groups excluding carboxylic acids is 1. The van der Waals surface area contributed by atoms with Crippen LogP contribution in [0.25, 0.3) is 0 Å². The molecule has 0 aromatic heterocycles. The summed E-state index contributed by atoms with van der Waals surface area (Å²) >= 11 is 5.70. The number of carboxylic acid groups (broad SMARTS) is 1. The summed E-state index contributed by atoms with van der Waals surface area (Å²) in [5.41, 5.74) is -0.0661. The second-order valence-corrected chi connectivity index (χ2v) is 2.84. The van der Waals surface area contributed by atoms with Gasteiger partial charge in [-0.1, -0.05) is 17.7 Å². The molecule has 1 aromatic carbocycles. The van der Waals surface area contributed by atoms with E-state index >= 15 is 0 Å². The Morgan fingerprint density at radius 2 is 1.93 bits per heavy atom. The third-order valence-electron chi connectivity index (χ3n) is 1.63. The van der Waals surface area contributed by atoms with Gasteiger partial charge in [0.1, 0.15) is 0 Å². The van der Waals surface area contributed by atoms with Crippen LogP contribution in [0.1, 0.15) is 20.7 Å². The maximum atomic E-state index is 11.1. The van der Waals surface area contributed by atoms with Crippen LogP contribution in [0.3, 0.4) is 0 Å². The maximum Gasteiger partial charge on any atom is 0.339 e. The summed E-state index contributed by atoms with van der Waals surface area (Å²) in [6.45, 7) is 0. The van der Waals surface area contributed by atoms with Crippen molar-refractivity contribution in [1.29, 1.82) is 0 Å². The molecule has 0 heterocycles. The lowest BCUT2D eigenvalue weighted by Gasteiger charge is -2.03. The van der Waals surface area contributed by atoms with Gasteiger partial charge in [0.05, 0.1) is 23.3 Å². The van der Waals surface area contributed by atoms with Gasteiger partial charge in [-0.15, -0.1) is 0 Å². The van der Waals surface area contributed by atoms with E-state index in [9.17, 15) is 9.59 Å². The molecule has 14 heavy (non-hydrogen) atoms. The fraction of sp³-hybridized carbons (Fsp3) is 0.111. The summed E-state index contributed by atoms with van der Waals surface area (Å²) in [7, 11) is 1.20. The number of benzene rings is 1. The number of rotatable bonds is 2. The number of methoxy groups -OCH3 is 1. The first-order chi connectivity index (χ1) is 6.57. The fourth-order valence-electron chi connectivity index (χ4n) is 0.965. The van der Waals surface area contributed by atoms with E-state index in [1.807, 2.05) is 0 Å². The van der Waals surface area contributed by atoms with Gasteiger partial charge in [0.15, 0.2) is 0 Å². The van der Waals surface area contributed by atoms with E-state index in [2.05, 4.69) is 4.74 Å². The molecule has 0 fully saturated rings. The molecule has 0 saturated heterocycles. The molecule has 1 aromatic rings. The molecule has 4 nitrogen and oxygen atoms in total. The lowest BCUT2D eigenvalue weighted by molar-refractivity contribution is 0.0601. The van der Waals surface area contributed by atoms with Gasteiger partial charge in [-0.05, 0) is 12.1 Å².